The fourth-order valence-electron chi connectivity index (χ4n) is 3.04. The van der Waals surface area contributed by atoms with E-state index in [1.807, 2.05) is 0 Å². The van der Waals surface area contributed by atoms with E-state index in [1.165, 1.54) is 12.1 Å². The third-order valence-corrected chi connectivity index (χ3v) is 5.46. The molecule has 1 heterocycles. The number of hydrogen-bond acceptors (Lipinski definition) is 4. The van der Waals surface area contributed by atoms with E-state index in [-0.39, 0.29) is 16.7 Å². The lowest BCUT2D eigenvalue weighted by atomic mass is 10.1. The van der Waals surface area contributed by atoms with E-state index in [4.69, 9.17) is 5.14 Å². The predicted octanol–water partition coefficient (Wildman–Crippen LogP) is 1.95. The molecule has 0 unspecified atom stereocenters. The normalized spacial score (nSPS) is 15.6. The summed E-state index contributed by atoms with van der Waals surface area (Å²) in [6.45, 7) is 2.46. The van der Waals surface area contributed by atoms with Crippen molar-refractivity contribution in [2.24, 2.45) is 5.14 Å². The molecular formula is C19H21N3O4S. The maximum absolute atomic E-state index is 12.5. The molecule has 0 radical (unpaired) electrons. The monoisotopic (exact) mass is 387 g/mol. The van der Waals surface area contributed by atoms with Crippen LogP contribution < -0.4 is 15.4 Å². The molecule has 2 amide bonds. The van der Waals surface area contributed by atoms with Gasteiger partial charge < -0.3 is 10.2 Å². The minimum Gasteiger partial charge on any atom is -0.346 e. The maximum atomic E-state index is 12.5. The molecule has 142 valence electrons. The molecule has 1 aliphatic heterocycles. The van der Waals surface area contributed by atoms with Gasteiger partial charge in [-0.05, 0) is 55.3 Å². The van der Waals surface area contributed by atoms with Crippen molar-refractivity contribution in [2.45, 2.75) is 30.7 Å². The van der Waals surface area contributed by atoms with Gasteiger partial charge in [-0.15, -0.1) is 0 Å². The van der Waals surface area contributed by atoms with Gasteiger partial charge in [0.05, 0.1) is 10.9 Å². The predicted molar refractivity (Wildman–Crippen MR) is 102 cm³/mol. The van der Waals surface area contributed by atoms with Gasteiger partial charge in [0.15, 0.2) is 0 Å². The van der Waals surface area contributed by atoms with Crippen molar-refractivity contribution in [3.8, 4) is 0 Å². The average Bonchev–Trinajstić information content (AvgIpc) is 3.07. The van der Waals surface area contributed by atoms with Crippen LogP contribution in [0.1, 0.15) is 41.7 Å². The Hall–Kier alpha value is -2.71. The highest BCUT2D eigenvalue weighted by Gasteiger charge is 2.22. The molecule has 3 rings (SSSR count). The Morgan fingerprint density at radius 1 is 1.19 bits per heavy atom. The fourth-order valence-corrected chi connectivity index (χ4v) is 3.61. The van der Waals surface area contributed by atoms with Crippen LogP contribution in [0.25, 0.3) is 0 Å². The average molecular weight is 387 g/mol. The van der Waals surface area contributed by atoms with Crippen molar-refractivity contribution in [1.82, 2.24) is 5.32 Å². The van der Waals surface area contributed by atoms with Gasteiger partial charge in [0.2, 0.25) is 15.9 Å². The molecule has 3 N–H and O–H groups in total. The number of rotatable bonds is 5. The summed E-state index contributed by atoms with van der Waals surface area (Å²) in [6.07, 6.45) is 1.40. The first-order valence-corrected chi connectivity index (χ1v) is 10.1. The lowest BCUT2D eigenvalue weighted by molar-refractivity contribution is -0.117. The molecule has 1 fully saturated rings. The highest BCUT2D eigenvalue weighted by Crippen LogP contribution is 2.22. The first-order chi connectivity index (χ1) is 12.8. The topological polar surface area (TPSA) is 110 Å². The van der Waals surface area contributed by atoms with Gasteiger partial charge in [0, 0.05) is 24.2 Å². The molecule has 8 heteroatoms. The lowest BCUT2D eigenvalue weighted by Gasteiger charge is -2.17. The fraction of sp³-hybridized carbons (Fsp3) is 0.263. The summed E-state index contributed by atoms with van der Waals surface area (Å²) in [5.41, 5.74) is 1.87. The molecule has 0 aromatic heterocycles. The van der Waals surface area contributed by atoms with Crippen LogP contribution in [0, 0.1) is 0 Å². The number of anilines is 1. The van der Waals surface area contributed by atoms with Gasteiger partial charge in [0.1, 0.15) is 0 Å². The molecule has 1 saturated heterocycles. The summed E-state index contributed by atoms with van der Waals surface area (Å²) in [6, 6.07) is 12.6. The summed E-state index contributed by atoms with van der Waals surface area (Å²) in [5.74, 6) is -0.196. The van der Waals surface area contributed by atoms with Gasteiger partial charge in [-0.25, -0.2) is 13.6 Å². The van der Waals surface area contributed by atoms with Crippen LogP contribution in [-0.4, -0.2) is 26.8 Å². The van der Waals surface area contributed by atoms with Crippen molar-refractivity contribution in [3.05, 3.63) is 59.7 Å². The molecule has 1 aliphatic rings. The Labute approximate surface area is 158 Å². The van der Waals surface area contributed by atoms with Crippen molar-refractivity contribution >= 4 is 27.5 Å². The second kappa shape index (κ2) is 7.50. The molecule has 2 aromatic carbocycles. The molecule has 2 aromatic rings. The molecule has 0 saturated carbocycles. The highest BCUT2D eigenvalue weighted by atomic mass is 32.2. The van der Waals surface area contributed by atoms with Gasteiger partial charge in [0.25, 0.3) is 5.91 Å². The number of nitrogens with zero attached hydrogens (tertiary/aromatic N) is 1. The zero-order valence-electron chi connectivity index (χ0n) is 14.9. The number of nitrogens with two attached hydrogens (primary N) is 1. The first-order valence-electron chi connectivity index (χ1n) is 8.60. The van der Waals surface area contributed by atoms with Crippen LogP contribution in [0.15, 0.2) is 53.4 Å². The largest absolute Gasteiger partial charge is 0.346 e. The van der Waals surface area contributed by atoms with Crippen LogP contribution in [0.4, 0.5) is 5.69 Å². The van der Waals surface area contributed by atoms with E-state index in [0.717, 1.165) is 12.1 Å². The van der Waals surface area contributed by atoms with E-state index in [0.29, 0.717) is 24.1 Å². The van der Waals surface area contributed by atoms with Crippen LogP contribution >= 0.6 is 0 Å². The van der Waals surface area contributed by atoms with Crippen molar-refractivity contribution < 1.29 is 18.0 Å². The summed E-state index contributed by atoms with van der Waals surface area (Å²) in [7, 11) is -3.80. The van der Waals surface area contributed by atoms with Gasteiger partial charge >= 0.3 is 0 Å². The van der Waals surface area contributed by atoms with Crippen LogP contribution in [0.2, 0.25) is 0 Å². The summed E-state index contributed by atoms with van der Waals surface area (Å²) < 4.78 is 23.0. The van der Waals surface area contributed by atoms with Crippen molar-refractivity contribution in [2.75, 3.05) is 11.4 Å². The third kappa shape index (κ3) is 4.35. The summed E-state index contributed by atoms with van der Waals surface area (Å²) in [5, 5.41) is 7.98. The number of hydrogen-bond donors (Lipinski definition) is 2. The Balaban J connectivity index is 1.70. The Morgan fingerprint density at radius 3 is 2.48 bits per heavy atom. The Kier molecular flexibility index (Phi) is 5.29. The van der Waals surface area contributed by atoms with Crippen LogP contribution in [0.5, 0.6) is 0 Å². The lowest BCUT2D eigenvalue weighted by Crippen LogP contribution is -2.27. The molecule has 27 heavy (non-hydrogen) atoms. The van der Waals surface area contributed by atoms with Gasteiger partial charge in [-0.2, -0.15) is 0 Å². The molecular weight excluding hydrogens is 366 g/mol. The minimum absolute atomic E-state index is 0.000678. The number of primary sulfonamides is 1. The third-order valence-electron chi connectivity index (χ3n) is 4.55. The summed E-state index contributed by atoms with van der Waals surface area (Å²) in [4.78, 5) is 26.0. The SMILES string of the molecule is C[C@@H](NC(=O)c1ccc(N2CCCC2=O)cc1)c1cccc(S(N)(=O)=O)c1. The number of carbonyl (C=O) groups is 2. The van der Waals surface area contributed by atoms with Crippen molar-refractivity contribution in [1.29, 1.82) is 0 Å². The van der Waals surface area contributed by atoms with Crippen LogP contribution in [0.3, 0.4) is 0 Å². The Morgan fingerprint density at radius 2 is 1.89 bits per heavy atom. The number of benzene rings is 2. The summed E-state index contributed by atoms with van der Waals surface area (Å²) >= 11 is 0. The smallest absolute Gasteiger partial charge is 0.251 e. The first kappa shape index (κ1) is 19.1. The van der Waals surface area contributed by atoms with E-state index in [1.54, 1.807) is 48.2 Å². The van der Waals surface area contributed by atoms with Crippen molar-refractivity contribution in [3.63, 3.8) is 0 Å². The second-order valence-corrected chi connectivity index (χ2v) is 8.07. The minimum atomic E-state index is -3.80. The molecule has 1 atom stereocenters. The molecule has 0 bridgehead atoms. The zero-order valence-corrected chi connectivity index (χ0v) is 15.7. The van der Waals surface area contributed by atoms with E-state index in [2.05, 4.69) is 5.32 Å². The number of nitrogens with one attached hydrogen (secondary N) is 1. The van der Waals surface area contributed by atoms with Gasteiger partial charge in [-0.1, -0.05) is 12.1 Å². The zero-order chi connectivity index (χ0) is 19.6. The maximum Gasteiger partial charge on any atom is 0.251 e. The highest BCUT2D eigenvalue weighted by molar-refractivity contribution is 7.89. The second-order valence-electron chi connectivity index (χ2n) is 6.51. The number of amides is 2. The van der Waals surface area contributed by atoms with E-state index in [9.17, 15) is 18.0 Å². The molecule has 0 spiro atoms. The molecule has 0 aliphatic carbocycles. The quantitative estimate of drug-likeness (QED) is 0.817. The van der Waals surface area contributed by atoms with Crippen LogP contribution in [-0.2, 0) is 14.8 Å². The van der Waals surface area contributed by atoms with E-state index < -0.39 is 16.1 Å². The van der Waals surface area contributed by atoms with Gasteiger partial charge in [-0.3, -0.25) is 9.59 Å². The number of carbonyl (C=O) groups excluding carboxylic acids is 2. The Bertz CT molecular complexity index is 971. The van der Waals surface area contributed by atoms with E-state index >= 15 is 0 Å². The molecule has 7 nitrogen and oxygen atoms in total. The number of sulfonamides is 1. The standard InChI is InChI=1S/C19H21N3O4S/c1-13(15-4-2-5-17(12-15)27(20,25)26)21-19(24)14-7-9-16(10-8-14)22-11-3-6-18(22)23/h2,4-5,7-10,12-13H,3,6,11H2,1H3,(H,21,24)(H2,20,25,26)/t13-/m1/s1.